The van der Waals surface area contributed by atoms with Gasteiger partial charge in [-0.1, -0.05) is 23.7 Å². The van der Waals surface area contributed by atoms with E-state index in [9.17, 15) is 13.2 Å². The van der Waals surface area contributed by atoms with Crippen LogP contribution < -0.4 is 5.32 Å². The number of amides is 1. The Bertz CT molecular complexity index is 695. The number of ether oxygens (including phenoxy) is 1. The number of carbonyl (C=O) groups is 1. The van der Waals surface area contributed by atoms with Crippen molar-refractivity contribution in [3.05, 3.63) is 40.4 Å². The van der Waals surface area contributed by atoms with E-state index in [2.05, 4.69) is 5.32 Å². The summed E-state index contributed by atoms with van der Waals surface area (Å²) < 4.78 is 30.8. The zero-order chi connectivity index (χ0) is 17.6. The summed E-state index contributed by atoms with van der Waals surface area (Å²) in [4.78, 5) is 12.0. The van der Waals surface area contributed by atoms with Gasteiger partial charge in [0.25, 0.3) is 0 Å². The second-order valence-corrected chi connectivity index (χ2v) is 7.99. The molecule has 0 spiro atoms. The molecule has 6 nitrogen and oxygen atoms in total. The number of hydrogen-bond donors (Lipinski definition) is 1. The number of hydrogen-bond acceptors (Lipinski definition) is 4. The molecule has 132 valence electrons. The number of benzene rings is 1. The molecule has 1 aliphatic heterocycles. The fourth-order valence-electron chi connectivity index (χ4n) is 2.26. The Kier molecular flexibility index (Phi) is 6.79. The van der Waals surface area contributed by atoms with E-state index in [0.717, 1.165) is 5.56 Å². The first-order chi connectivity index (χ1) is 11.4. The highest BCUT2D eigenvalue weighted by Crippen LogP contribution is 2.12. The first-order valence-corrected chi connectivity index (χ1v) is 9.65. The van der Waals surface area contributed by atoms with Crippen LogP contribution in [0.2, 0.25) is 5.02 Å². The van der Waals surface area contributed by atoms with Crippen LogP contribution in [0.1, 0.15) is 12.5 Å². The minimum Gasteiger partial charge on any atom is -0.379 e. The summed E-state index contributed by atoms with van der Waals surface area (Å²) in [5, 5.41) is 3.27. The van der Waals surface area contributed by atoms with Crippen LogP contribution in [0, 0.1) is 0 Å². The summed E-state index contributed by atoms with van der Waals surface area (Å²) in [7, 11) is -3.36. The molecule has 1 saturated heterocycles. The molecule has 0 bridgehead atoms. The summed E-state index contributed by atoms with van der Waals surface area (Å²) >= 11 is 5.82. The number of rotatable bonds is 6. The number of morpholine rings is 1. The Hall–Kier alpha value is -1.41. The lowest BCUT2D eigenvalue weighted by atomic mass is 10.1. The zero-order valence-corrected chi connectivity index (χ0v) is 15.1. The molecule has 1 heterocycles. The minimum atomic E-state index is -3.36. The van der Waals surface area contributed by atoms with Gasteiger partial charge in [-0.15, -0.1) is 0 Å². The summed E-state index contributed by atoms with van der Waals surface area (Å²) in [5.41, 5.74) is 1.36. The average Bonchev–Trinajstić information content (AvgIpc) is 2.57. The van der Waals surface area contributed by atoms with Gasteiger partial charge in [-0.3, -0.25) is 4.79 Å². The maximum Gasteiger partial charge on any atom is 0.246 e. The first kappa shape index (κ1) is 18.9. The fraction of sp³-hybridized carbons (Fsp3) is 0.438. The zero-order valence-electron chi connectivity index (χ0n) is 13.5. The quantitative estimate of drug-likeness (QED) is 0.768. The topological polar surface area (TPSA) is 75.7 Å². The maximum absolute atomic E-state index is 12.2. The van der Waals surface area contributed by atoms with Crippen LogP contribution in [0.3, 0.4) is 0 Å². The fourth-order valence-corrected chi connectivity index (χ4v) is 3.71. The van der Waals surface area contributed by atoms with Crippen molar-refractivity contribution in [3.63, 3.8) is 0 Å². The molecule has 8 heteroatoms. The Labute approximate surface area is 147 Å². The van der Waals surface area contributed by atoms with Gasteiger partial charge in [-0.25, -0.2) is 8.42 Å². The van der Waals surface area contributed by atoms with Crippen LogP contribution in [-0.2, 0) is 19.6 Å². The van der Waals surface area contributed by atoms with Crippen LogP contribution >= 0.6 is 11.6 Å². The predicted molar refractivity (Wildman–Crippen MR) is 94.3 cm³/mol. The van der Waals surface area contributed by atoms with Crippen LogP contribution in [0.5, 0.6) is 0 Å². The van der Waals surface area contributed by atoms with Gasteiger partial charge in [0.2, 0.25) is 15.9 Å². The minimum absolute atomic E-state index is 0.0737. The Morgan fingerprint density at radius 3 is 2.54 bits per heavy atom. The third-order valence-corrected chi connectivity index (χ3v) is 5.74. The second-order valence-electron chi connectivity index (χ2n) is 5.46. The number of sulfonamides is 1. The molecule has 1 N–H and O–H groups in total. The molecular weight excluding hydrogens is 352 g/mol. The first-order valence-electron chi connectivity index (χ1n) is 7.66. The van der Waals surface area contributed by atoms with Crippen molar-refractivity contribution in [1.82, 2.24) is 9.62 Å². The van der Waals surface area contributed by atoms with E-state index < -0.39 is 10.0 Å². The summed E-state index contributed by atoms with van der Waals surface area (Å²) in [6.45, 7) is 3.31. The molecule has 1 aromatic carbocycles. The average molecular weight is 373 g/mol. The largest absolute Gasteiger partial charge is 0.379 e. The monoisotopic (exact) mass is 372 g/mol. The van der Waals surface area contributed by atoms with Gasteiger partial charge in [-0.2, -0.15) is 4.31 Å². The molecule has 2 rings (SSSR count). The molecule has 24 heavy (non-hydrogen) atoms. The van der Waals surface area contributed by atoms with Crippen LogP contribution in [-0.4, -0.2) is 57.2 Å². The lowest BCUT2D eigenvalue weighted by Crippen LogP contribution is -2.43. The van der Waals surface area contributed by atoms with Crippen molar-refractivity contribution < 1.29 is 17.9 Å². The number of nitrogens with one attached hydrogen (secondary N) is 1. The molecule has 0 atom stereocenters. The third kappa shape index (κ3) is 5.59. The van der Waals surface area contributed by atoms with E-state index >= 15 is 0 Å². The Morgan fingerprint density at radius 1 is 1.29 bits per heavy atom. The number of halogens is 1. The number of nitrogens with zero attached hydrogens (tertiary/aromatic N) is 1. The number of carbonyl (C=O) groups excluding carboxylic acids is 1. The smallest absolute Gasteiger partial charge is 0.246 e. The van der Waals surface area contributed by atoms with Crippen molar-refractivity contribution in [2.75, 3.05) is 38.6 Å². The molecule has 1 fully saturated rings. The highest BCUT2D eigenvalue weighted by Gasteiger charge is 2.23. The van der Waals surface area contributed by atoms with Crippen molar-refractivity contribution in [3.8, 4) is 0 Å². The van der Waals surface area contributed by atoms with Gasteiger partial charge in [0.1, 0.15) is 0 Å². The van der Waals surface area contributed by atoms with E-state index in [1.807, 2.05) is 12.1 Å². The van der Waals surface area contributed by atoms with Crippen LogP contribution in [0.15, 0.2) is 29.8 Å². The van der Waals surface area contributed by atoms with Gasteiger partial charge in [0.05, 0.1) is 19.0 Å². The van der Waals surface area contributed by atoms with Crippen molar-refractivity contribution in [2.45, 2.75) is 6.92 Å². The predicted octanol–water partition coefficient (Wildman–Crippen LogP) is 1.52. The van der Waals surface area contributed by atoms with Gasteiger partial charge >= 0.3 is 0 Å². The molecule has 0 unspecified atom stereocenters. The SMILES string of the molecule is C/C(=C\c1ccc(Cl)cc1)C(=O)NCCS(=O)(=O)N1CCOCC1. The Balaban J connectivity index is 1.84. The van der Waals surface area contributed by atoms with Crippen LogP contribution in [0.25, 0.3) is 6.08 Å². The van der Waals surface area contributed by atoms with Gasteiger partial charge in [0.15, 0.2) is 0 Å². The highest BCUT2D eigenvalue weighted by atomic mass is 35.5. The summed E-state index contributed by atoms with van der Waals surface area (Å²) in [6, 6.07) is 7.10. The van der Waals surface area contributed by atoms with Crippen molar-refractivity contribution >= 4 is 33.6 Å². The molecular formula is C16H21ClN2O4S. The lowest BCUT2D eigenvalue weighted by Gasteiger charge is -2.26. The van der Waals surface area contributed by atoms with Crippen molar-refractivity contribution in [1.29, 1.82) is 0 Å². The molecule has 0 radical (unpaired) electrons. The van der Waals surface area contributed by atoms with E-state index in [4.69, 9.17) is 16.3 Å². The van der Waals surface area contributed by atoms with Crippen molar-refractivity contribution in [2.24, 2.45) is 0 Å². The van der Waals surface area contributed by atoms with E-state index in [-0.39, 0.29) is 18.2 Å². The van der Waals surface area contributed by atoms with E-state index in [1.165, 1.54) is 4.31 Å². The molecule has 0 aromatic heterocycles. The molecule has 1 amide bonds. The summed E-state index contributed by atoms with van der Waals surface area (Å²) in [5.74, 6) is -0.408. The van der Waals surface area contributed by atoms with E-state index in [0.29, 0.717) is 36.9 Å². The highest BCUT2D eigenvalue weighted by molar-refractivity contribution is 7.89. The standard InChI is InChI=1S/C16H21ClN2O4S/c1-13(12-14-2-4-15(17)5-3-14)16(20)18-6-11-24(21,22)19-7-9-23-10-8-19/h2-5,12H,6-11H2,1H3,(H,18,20)/b13-12+. The maximum atomic E-state index is 12.2. The summed E-state index contributed by atoms with van der Waals surface area (Å²) in [6.07, 6.45) is 1.72. The molecule has 1 aromatic rings. The van der Waals surface area contributed by atoms with Crippen LogP contribution in [0.4, 0.5) is 0 Å². The Morgan fingerprint density at radius 2 is 1.92 bits per heavy atom. The molecule has 0 aliphatic carbocycles. The van der Waals surface area contributed by atoms with Gasteiger partial charge in [-0.05, 0) is 30.7 Å². The second kappa shape index (κ2) is 8.62. The molecule has 0 saturated carbocycles. The van der Waals surface area contributed by atoms with E-state index in [1.54, 1.807) is 25.1 Å². The third-order valence-electron chi connectivity index (χ3n) is 3.62. The normalized spacial score (nSPS) is 16.8. The molecule has 1 aliphatic rings. The lowest BCUT2D eigenvalue weighted by molar-refractivity contribution is -0.117. The van der Waals surface area contributed by atoms with Gasteiger partial charge < -0.3 is 10.1 Å². The van der Waals surface area contributed by atoms with Gasteiger partial charge in [0, 0.05) is 30.2 Å².